The molecule has 19 nitrogen and oxygen atoms in total. The summed E-state index contributed by atoms with van der Waals surface area (Å²) in [5, 5.41) is 41.2. The van der Waals surface area contributed by atoms with Crippen molar-refractivity contribution < 1.29 is 48.4 Å². The number of anilines is 1. The number of nitrogen functional groups attached to an aromatic ring is 1. The number of phosphoric acid groups is 1. The van der Waals surface area contributed by atoms with Crippen molar-refractivity contribution in [3.63, 3.8) is 0 Å². The zero-order valence-electron chi connectivity index (χ0n) is 19.7. The van der Waals surface area contributed by atoms with Crippen molar-refractivity contribution >= 4 is 24.8 Å². The number of aromatic nitrogens is 6. The summed E-state index contributed by atoms with van der Waals surface area (Å²) in [7, 11) is -5.01. The molecule has 2 unspecified atom stereocenters. The van der Waals surface area contributed by atoms with Crippen LogP contribution < -0.4 is 17.0 Å². The number of fused-ring (bicyclic) bond motifs is 1. The zero-order valence-corrected chi connectivity index (χ0v) is 20.6. The Morgan fingerprint density at radius 2 is 1.77 bits per heavy atom. The van der Waals surface area contributed by atoms with Crippen LogP contribution in [0.25, 0.3) is 11.2 Å². The molecule has 212 valence electrons. The molecule has 20 heteroatoms. The number of nitrogens with one attached hydrogen (secondary N) is 1. The predicted octanol–water partition coefficient (Wildman–Crippen LogP) is -3.67. The lowest BCUT2D eigenvalue weighted by Gasteiger charge is -2.23. The lowest BCUT2D eigenvalue weighted by atomic mass is 10.1. The molecule has 0 amide bonds. The lowest BCUT2D eigenvalue weighted by molar-refractivity contribution is -0.0610. The Kier molecular flexibility index (Phi) is 7.37. The van der Waals surface area contributed by atoms with E-state index in [4.69, 9.17) is 24.3 Å². The minimum Gasteiger partial charge on any atom is -0.394 e. The molecule has 39 heavy (non-hydrogen) atoms. The van der Waals surface area contributed by atoms with Gasteiger partial charge in [-0.2, -0.15) is 0 Å². The molecule has 0 radical (unpaired) electrons. The number of imidazole rings is 1. The number of nitrogens with two attached hydrogens (primary N) is 1. The molecule has 0 aromatic carbocycles. The fraction of sp³-hybridized carbons (Fsp3) is 0.526. The van der Waals surface area contributed by atoms with Gasteiger partial charge in [0.25, 0.3) is 5.56 Å². The maximum Gasteiger partial charge on any atom is 0.472 e. The number of rotatable bonds is 8. The number of aliphatic hydroxyl groups is 4. The molecule has 0 saturated carbocycles. The average molecular weight is 573 g/mol. The second-order valence-corrected chi connectivity index (χ2v) is 10.1. The summed E-state index contributed by atoms with van der Waals surface area (Å²) >= 11 is 0. The lowest BCUT2D eigenvalue weighted by Crippen LogP contribution is -2.37. The quantitative estimate of drug-likeness (QED) is 0.128. The molecule has 9 atom stereocenters. The van der Waals surface area contributed by atoms with Crippen LogP contribution in [0.1, 0.15) is 12.5 Å². The van der Waals surface area contributed by atoms with Gasteiger partial charge < -0.3 is 40.5 Å². The van der Waals surface area contributed by atoms with Gasteiger partial charge in [0.15, 0.2) is 23.9 Å². The van der Waals surface area contributed by atoms with E-state index in [1.807, 2.05) is 4.98 Å². The molecule has 3 aromatic heterocycles. The number of phosphoric ester groups is 1. The fourth-order valence-corrected chi connectivity index (χ4v) is 5.32. The highest BCUT2D eigenvalue weighted by molar-refractivity contribution is 7.47. The SMILES string of the molecule is Nc1ncnc2c1ncn2[C@@H]1O[C@H](CO)[C@@H](OP(=O)(O)OCC2O[C@@H](n3ccc(=O)[nH]c3=O)[C@H](O)[C@@H]2O)[C@H]1O. The van der Waals surface area contributed by atoms with Crippen LogP contribution in [0.5, 0.6) is 0 Å². The molecule has 2 aliphatic heterocycles. The Hall–Kier alpha value is -3.10. The highest BCUT2D eigenvalue weighted by Crippen LogP contribution is 2.49. The van der Waals surface area contributed by atoms with Gasteiger partial charge in [0.1, 0.15) is 48.5 Å². The first kappa shape index (κ1) is 27.5. The molecule has 2 aliphatic rings. The van der Waals surface area contributed by atoms with Crippen molar-refractivity contribution in [2.75, 3.05) is 18.9 Å². The smallest absolute Gasteiger partial charge is 0.394 e. The van der Waals surface area contributed by atoms with Gasteiger partial charge in [-0.25, -0.2) is 24.3 Å². The molecular weight excluding hydrogens is 549 g/mol. The molecular formula is C19H24N7O12P. The van der Waals surface area contributed by atoms with Crippen molar-refractivity contribution in [2.45, 2.75) is 49.1 Å². The van der Waals surface area contributed by atoms with Gasteiger partial charge in [-0.3, -0.25) is 28.0 Å². The fourth-order valence-electron chi connectivity index (χ4n) is 4.36. The summed E-state index contributed by atoms with van der Waals surface area (Å²) < 4.78 is 35.9. The Morgan fingerprint density at radius 3 is 2.49 bits per heavy atom. The van der Waals surface area contributed by atoms with E-state index in [2.05, 4.69) is 15.0 Å². The normalized spacial score (nSPS) is 32.5. The summed E-state index contributed by atoms with van der Waals surface area (Å²) in [4.78, 5) is 47.5. The molecule has 5 heterocycles. The Labute approximate surface area is 216 Å². The van der Waals surface area contributed by atoms with Gasteiger partial charge in [-0.05, 0) is 0 Å². The predicted molar refractivity (Wildman–Crippen MR) is 125 cm³/mol. The number of hydrogen-bond acceptors (Lipinski definition) is 15. The average Bonchev–Trinajstić information content (AvgIpc) is 3.53. The summed E-state index contributed by atoms with van der Waals surface area (Å²) in [6, 6.07) is 0.998. The van der Waals surface area contributed by atoms with Crippen LogP contribution in [-0.4, -0.2) is 104 Å². The first-order valence-electron chi connectivity index (χ1n) is 11.4. The van der Waals surface area contributed by atoms with Crippen LogP contribution >= 0.6 is 7.82 Å². The van der Waals surface area contributed by atoms with Crippen LogP contribution in [0.2, 0.25) is 0 Å². The van der Waals surface area contributed by atoms with Crippen molar-refractivity contribution in [3.8, 4) is 0 Å². The summed E-state index contributed by atoms with van der Waals surface area (Å²) in [6.45, 7) is -1.51. The third-order valence-electron chi connectivity index (χ3n) is 6.27. The second kappa shape index (κ2) is 10.5. The molecule has 2 fully saturated rings. The number of hydrogen-bond donors (Lipinski definition) is 7. The zero-order chi connectivity index (χ0) is 28.1. The topological polar surface area (TPSA) is 280 Å². The van der Waals surface area contributed by atoms with E-state index in [-0.39, 0.29) is 17.0 Å². The van der Waals surface area contributed by atoms with E-state index in [1.165, 1.54) is 17.2 Å². The van der Waals surface area contributed by atoms with E-state index < -0.39 is 81.4 Å². The Balaban J connectivity index is 1.26. The molecule has 0 spiro atoms. The first-order valence-corrected chi connectivity index (χ1v) is 12.9. The van der Waals surface area contributed by atoms with Gasteiger partial charge in [0.2, 0.25) is 0 Å². The molecule has 0 bridgehead atoms. The van der Waals surface area contributed by atoms with Gasteiger partial charge in [-0.15, -0.1) is 0 Å². The summed E-state index contributed by atoms with van der Waals surface area (Å²) in [5.41, 5.74) is 4.56. The number of ether oxygens (including phenoxy) is 2. The van der Waals surface area contributed by atoms with Crippen LogP contribution in [0.15, 0.2) is 34.5 Å². The second-order valence-electron chi connectivity index (χ2n) is 8.72. The highest BCUT2D eigenvalue weighted by atomic mass is 31.2. The van der Waals surface area contributed by atoms with E-state index in [9.17, 15) is 39.5 Å². The third-order valence-corrected chi connectivity index (χ3v) is 7.26. The third kappa shape index (κ3) is 5.12. The molecule has 0 aliphatic carbocycles. The monoisotopic (exact) mass is 573 g/mol. The molecule has 8 N–H and O–H groups in total. The van der Waals surface area contributed by atoms with Gasteiger partial charge in [0.05, 0.1) is 19.5 Å². The van der Waals surface area contributed by atoms with E-state index >= 15 is 0 Å². The van der Waals surface area contributed by atoms with Crippen LogP contribution in [0.4, 0.5) is 5.82 Å². The largest absolute Gasteiger partial charge is 0.472 e. The number of nitrogens with zero attached hydrogens (tertiary/aromatic N) is 5. The molecule has 2 saturated heterocycles. The van der Waals surface area contributed by atoms with E-state index in [0.29, 0.717) is 0 Å². The summed E-state index contributed by atoms with van der Waals surface area (Å²) in [5.74, 6) is 0.0695. The van der Waals surface area contributed by atoms with Crippen LogP contribution in [0.3, 0.4) is 0 Å². The highest BCUT2D eigenvalue weighted by Gasteiger charge is 2.50. The number of aliphatic hydroxyl groups excluding tert-OH is 4. The van der Waals surface area contributed by atoms with Gasteiger partial charge >= 0.3 is 13.5 Å². The maximum atomic E-state index is 12.7. The maximum absolute atomic E-state index is 12.7. The standard InChI is InChI=1S/C19H24N7O12P/c20-15-10-16(22-5-21-15)26(6-23-10)18-13(31)14(7(3-27)36-18)38-39(33,34)35-4-8-11(29)12(30)17(37-8)25-2-1-9(28)24-19(25)32/h1-2,5-8,11-14,17-18,27,29-31H,3-4H2,(H,33,34)(H2,20,21,22)(H,24,28,32)/t7-,8?,11-,12-,13-,14-,17-,18-/m1/s1. The van der Waals surface area contributed by atoms with Crippen molar-refractivity contribution in [3.05, 3.63) is 45.8 Å². The first-order chi connectivity index (χ1) is 18.5. The van der Waals surface area contributed by atoms with Crippen LogP contribution in [-0.2, 0) is 23.1 Å². The molecule has 5 rings (SSSR count). The van der Waals surface area contributed by atoms with Crippen molar-refractivity contribution in [2.24, 2.45) is 0 Å². The van der Waals surface area contributed by atoms with Crippen molar-refractivity contribution in [1.29, 1.82) is 0 Å². The van der Waals surface area contributed by atoms with E-state index in [1.54, 1.807) is 0 Å². The Morgan fingerprint density at radius 1 is 1.05 bits per heavy atom. The van der Waals surface area contributed by atoms with Gasteiger partial charge in [0, 0.05) is 12.3 Å². The van der Waals surface area contributed by atoms with Gasteiger partial charge in [-0.1, -0.05) is 0 Å². The van der Waals surface area contributed by atoms with Crippen LogP contribution in [0, 0.1) is 0 Å². The number of aromatic amines is 1. The molecule has 3 aromatic rings. The van der Waals surface area contributed by atoms with E-state index in [0.717, 1.165) is 16.8 Å². The minimum absolute atomic E-state index is 0.0695. The Bertz CT molecular complexity index is 1510. The van der Waals surface area contributed by atoms with Crippen molar-refractivity contribution in [1.82, 2.24) is 29.1 Å². The number of H-pyrrole nitrogens is 1. The summed E-state index contributed by atoms with van der Waals surface area (Å²) in [6.07, 6.45) is -8.42. The minimum atomic E-state index is -5.01.